The van der Waals surface area contributed by atoms with Gasteiger partial charge in [0.2, 0.25) is 0 Å². The van der Waals surface area contributed by atoms with Gasteiger partial charge in [0.25, 0.3) is 0 Å². The number of hydrogen-bond acceptors (Lipinski definition) is 6. The molecule has 2 heterocycles. The van der Waals surface area contributed by atoms with E-state index in [-0.39, 0.29) is 23.3 Å². The lowest BCUT2D eigenvalue weighted by molar-refractivity contribution is -0.0117. The number of ether oxygens (including phenoxy) is 4. The van der Waals surface area contributed by atoms with Crippen molar-refractivity contribution in [2.75, 3.05) is 14.2 Å². The highest BCUT2D eigenvalue weighted by Gasteiger charge is 2.52. The van der Waals surface area contributed by atoms with Crippen molar-refractivity contribution < 1.29 is 29.2 Å². The van der Waals surface area contributed by atoms with Gasteiger partial charge in [-0.15, -0.1) is 0 Å². The molecule has 0 bridgehead atoms. The second-order valence-electron chi connectivity index (χ2n) is 9.67. The van der Waals surface area contributed by atoms with E-state index in [1.807, 2.05) is 60.7 Å². The first kappa shape index (κ1) is 26.6. The summed E-state index contributed by atoms with van der Waals surface area (Å²) in [5.41, 5.74) is 3.47. The number of fused-ring (bicyclic) bond motifs is 4. The molecule has 0 fully saturated rings. The topological polar surface area (TPSA) is 77.4 Å². The number of aromatic hydroxyl groups is 2. The Labute approximate surface area is 249 Å². The minimum atomic E-state index is -0.568. The van der Waals surface area contributed by atoms with Gasteiger partial charge in [-0.2, -0.15) is 0 Å². The van der Waals surface area contributed by atoms with Gasteiger partial charge in [-0.25, -0.2) is 0 Å². The lowest BCUT2D eigenvalue weighted by Crippen LogP contribution is -2.39. The van der Waals surface area contributed by atoms with Crippen molar-refractivity contribution in [1.29, 1.82) is 0 Å². The summed E-state index contributed by atoms with van der Waals surface area (Å²) in [6.07, 6.45) is 3.20. The fourth-order valence-corrected chi connectivity index (χ4v) is 6.55. The van der Waals surface area contributed by atoms with Gasteiger partial charge in [0.15, 0.2) is 0 Å². The fraction of sp³-hybridized carbons (Fsp3) is 0.188. The molecule has 0 aromatic heterocycles. The van der Waals surface area contributed by atoms with Crippen molar-refractivity contribution in [3.05, 3.63) is 110 Å². The summed E-state index contributed by atoms with van der Waals surface area (Å²) in [6.45, 7) is 0. The van der Waals surface area contributed by atoms with Crippen LogP contribution in [0.3, 0.4) is 0 Å². The maximum atomic E-state index is 10.8. The Morgan fingerprint density at radius 2 is 1.25 bits per heavy atom. The highest BCUT2D eigenvalue weighted by atomic mass is 79.9. The van der Waals surface area contributed by atoms with Crippen LogP contribution in [0.25, 0.3) is 6.08 Å². The molecule has 0 radical (unpaired) electrons. The number of phenols is 2. The molecular formula is C32H26Br2O6. The molecule has 4 aromatic carbocycles. The molecule has 2 aliphatic heterocycles. The summed E-state index contributed by atoms with van der Waals surface area (Å²) < 4.78 is 26.0. The molecule has 0 aliphatic carbocycles. The summed E-state index contributed by atoms with van der Waals surface area (Å²) in [5.74, 6) is 1.33. The van der Waals surface area contributed by atoms with E-state index in [0.717, 1.165) is 16.7 Å². The summed E-state index contributed by atoms with van der Waals surface area (Å²) in [6, 6.07) is 23.2. The molecule has 0 spiro atoms. The number of phenolic OH excluding ortho intramolecular Hbond substituents is 2. The number of allylic oxidation sites excluding steroid dienone is 1. The smallest absolute Gasteiger partial charge is 0.148 e. The molecule has 4 aromatic rings. The molecular weight excluding hydrogens is 640 g/mol. The molecule has 40 heavy (non-hydrogen) atoms. The van der Waals surface area contributed by atoms with Crippen molar-refractivity contribution in [1.82, 2.24) is 0 Å². The molecule has 6 nitrogen and oxygen atoms in total. The lowest BCUT2D eigenvalue weighted by atomic mass is 9.71. The number of benzene rings is 4. The monoisotopic (exact) mass is 664 g/mol. The molecule has 2 aliphatic rings. The average Bonchev–Trinajstić information content (AvgIpc) is 2.99. The van der Waals surface area contributed by atoms with Crippen LogP contribution in [0.5, 0.6) is 34.5 Å². The van der Waals surface area contributed by atoms with E-state index in [9.17, 15) is 10.2 Å². The SMILES string of the molecule is COc1cc(O)c(Br)c2c1[C@@H](/C=C/c1ccccc1)[C@@H]1[C@@H](c3ccccc3)Oc3c(Br)c(O)cc(OC)c3[C@@H]1O2. The molecule has 8 heteroatoms. The first-order chi connectivity index (χ1) is 19.4. The number of rotatable bonds is 5. The van der Waals surface area contributed by atoms with E-state index < -0.39 is 12.2 Å². The van der Waals surface area contributed by atoms with E-state index in [0.29, 0.717) is 37.5 Å². The van der Waals surface area contributed by atoms with Crippen LogP contribution in [-0.2, 0) is 0 Å². The highest BCUT2D eigenvalue weighted by molar-refractivity contribution is 9.11. The van der Waals surface area contributed by atoms with Crippen molar-refractivity contribution in [3.8, 4) is 34.5 Å². The Hall–Kier alpha value is -3.62. The third-order valence-corrected chi connectivity index (χ3v) is 9.02. The van der Waals surface area contributed by atoms with E-state index >= 15 is 0 Å². The third kappa shape index (κ3) is 4.39. The Balaban J connectivity index is 1.65. The molecule has 0 saturated heterocycles. The fourth-order valence-electron chi connectivity index (χ4n) is 5.70. The van der Waals surface area contributed by atoms with Crippen LogP contribution < -0.4 is 18.9 Å². The second-order valence-corrected chi connectivity index (χ2v) is 11.3. The highest BCUT2D eigenvalue weighted by Crippen LogP contribution is 2.64. The van der Waals surface area contributed by atoms with Gasteiger partial charge < -0.3 is 29.2 Å². The Kier molecular flexibility index (Phi) is 7.15. The maximum Gasteiger partial charge on any atom is 0.148 e. The van der Waals surface area contributed by atoms with Crippen LogP contribution in [0.2, 0.25) is 0 Å². The molecule has 204 valence electrons. The molecule has 0 amide bonds. The third-order valence-electron chi connectivity index (χ3n) is 7.49. The zero-order chi connectivity index (χ0) is 28.0. The van der Waals surface area contributed by atoms with Gasteiger partial charge in [0.1, 0.15) is 55.7 Å². The molecule has 2 N–H and O–H groups in total. The number of methoxy groups -OCH3 is 2. The Bertz CT molecular complexity index is 1590. The van der Waals surface area contributed by atoms with Crippen LogP contribution in [0.4, 0.5) is 0 Å². The lowest BCUT2D eigenvalue weighted by Gasteiger charge is -2.47. The molecule has 0 unspecified atom stereocenters. The largest absolute Gasteiger partial charge is 0.506 e. The van der Waals surface area contributed by atoms with E-state index in [1.54, 1.807) is 26.4 Å². The maximum absolute atomic E-state index is 10.8. The zero-order valence-corrected chi connectivity index (χ0v) is 24.8. The van der Waals surface area contributed by atoms with E-state index in [2.05, 4.69) is 44.0 Å². The minimum absolute atomic E-state index is 0.00177. The first-order valence-corrected chi connectivity index (χ1v) is 14.3. The van der Waals surface area contributed by atoms with Crippen molar-refractivity contribution in [2.24, 2.45) is 5.92 Å². The van der Waals surface area contributed by atoms with Crippen molar-refractivity contribution in [2.45, 2.75) is 18.1 Å². The molecule has 0 saturated carbocycles. The molecule has 4 atom stereocenters. The van der Waals surface area contributed by atoms with E-state index in [1.165, 1.54) is 0 Å². The number of halogens is 2. The summed E-state index contributed by atoms with van der Waals surface area (Å²) in [4.78, 5) is 0. The minimum Gasteiger partial charge on any atom is -0.506 e. The van der Waals surface area contributed by atoms with Crippen LogP contribution in [0.1, 0.15) is 40.4 Å². The van der Waals surface area contributed by atoms with Gasteiger partial charge in [0, 0.05) is 23.6 Å². The van der Waals surface area contributed by atoms with Crippen LogP contribution in [0, 0.1) is 5.92 Å². The Morgan fingerprint density at radius 3 is 1.85 bits per heavy atom. The van der Waals surface area contributed by atoms with Gasteiger partial charge >= 0.3 is 0 Å². The van der Waals surface area contributed by atoms with Crippen LogP contribution >= 0.6 is 31.9 Å². The van der Waals surface area contributed by atoms with E-state index in [4.69, 9.17) is 18.9 Å². The van der Waals surface area contributed by atoms with Gasteiger partial charge in [-0.3, -0.25) is 0 Å². The normalized spacial score (nSPS) is 21.0. The standard InChI is InChI=1S/C32H26Br2O6/c1-37-22-15-20(35)27(33)31-24(22)19(14-13-17-9-5-3-6-10-17)25-29(18-11-7-4-8-12-18)39-32-26(30(25)40-31)23(38-2)16-21(36)28(32)34/h3-16,19,25,29-30,35-36H,1-2H3/b14-13+/t19-,25-,29-,30-/m1/s1. The van der Waals surface area contributed by atoms with Gasteiger partial charge in [-0.05, 0) is 43.0 Å². The predicted octanol–water partition coefficient (Wildman–Crippen LogP) is 8.32. The number of hydrogen-bond donors (Lipinski definition) is 2. The van der Waals surface area contributed by atoms with Gasteiger partial charge in [0.05, 0.1) is 25.7 Å². The van der Waals surface area contributed by atoms with Crippen LogP contribution in [-0.4, -0.2) is 24.4 Å². The zero-order valence-electron chi connectivity index (χ0n) is 21.7. The summed E-state index contributed by atoms with van der Waals surface area (Å²) >= 11 is 7.10. The van der Waals surface area contributed by atoms with Gasteiger partial charge in [-0.1, -0.05) is 72.8 Å². The summed E-state index contributed by atoms with van der Waals surface area (Å²) in [7, 11) is 3.13. The predicted molar refractivity (Wildman–Crippen MR) is 160 cm³/mol. The van der Waals surface area contributed by atoms with Crippen molar-refractivity contribution in [3.63, 3.8) is 0 Å². The summed E-state index contributed by atoms with van der Waals surface area (Å²) in [5, 5.41) is 21.5. The average molecular weight is 666 g/mol. The quantitative estimate of drug-likeness (QED) is 0.223. The molecule has 6 rings (SSSR count). The van der Waals surface area contributed by atoms with Crippen LogP contribution in [0.15, 0.2) is 87.8 Å². The first-order valence-electron chi connectivity index (χ1n) is 12.7. The Morgan fingerprint density at radius 1 is 0.725 bits per heavy atom. The second kappa shape index (κ2) is 10.7. The van der Waals surface area contributed by atoms with Crippen molar-refractivity contribution >= 4 is 37.9 Å².